The Balaban J connectivity index is 1.32. The van der Waals surface area contributed by atoms with Crippen LogP contribution in [0.4, 0.5) is 13.2 Å². The number of ether oxygens (including phenoxy) is 1. The minimum absolute atomic E-state index is 0.00471. The van der Waals surface area contributed by atoms with Crippen molar-refractivity contribution >= 4 is 30.0 Å². The van der Waals surface area contributed by atoms with E-state index in [1.807, 2.05) is 31.9 Å². The van der Waals surface area contributed by atoms with E-state index in [1.54, 1.807) is 4.90 Å². The summed E-state index contributed by atoms with van der Waals surface area (Å²) < 4.78 is 44.0. The van der Waals surface area contributed by atoms with E-state index >= 15 is 0 Å². The molecule has 2 amide bonds. The number of carbonyl (C=O) groups is 2. The topological polar surface area (TPSA) is 90.2 Å². The van der Waals surface area contributed by atoms with Gasteiger partial charge in [-0.05, 0) is 32.6 Å². The van der Waals surface area contributed by atoms with Crippen molar-refractivity contribution in [1.29, 1.82) is 0 Å². The highest BCUT2D eigenvalue weighted by Gasteiger charge is 2.57. The summed E-state index contributed by atoms with van der Waals surface area (Å²) in [6, 6.07) is -0.646. The van der Waals surface area contributed by atoms with E-state index in [0.717, 1.165) is 10.7 Å². The SMILES string of the molecule is CC1CC(C2C=NCC(C(=O)N3CCOCC3)C2)N=C2C1C(=O)N(C1C=NN(CC(F)(F)F)C1)C2(C)C. The molecule has 0 spiro atoms. The van der Waals surface area contributed by atoms with E-state index in [-0.39, 0.29) is 42.2 Å². The molecule has 5 aliphatic heterocycles. The van der Waals surface area contributed by atoms with Crippen LogP contribution in [0.15, 0.2) is 15.1 Å². The molecule has 5 heterocycles. The Labute approximate surface area is 214 Å². The van der Waals surface area contributed by atoms with Gasteiger partial charge in [-0.25, -0.2) is 0 Å². The normalized spacial score (nSPS) is 35.7. The second-order valence-electron chi connectivity index (χ2n) is 11.4. The van der Waals surface area contributed by atoms with Gasteiger partial charge in [-0.1, -0.05) is 6.92 Å². The number of amides is 2. The Morgan fingerprint density at radius 3 is 2.62 bits per heavy atom. The molecule has 0 saturated carbocycles. The van der Waals surface area contributed by atoms with Crippen LogP contribution in [0.5, 0.6) is 0 Å². The quantitative estimate of drug-likeness (QED) is 0.562. The Bertz CT molecular complexity index is 1010. The molecule has 0 aromatic carbocycles. The van der Waals surface area contributed by atoms with E-state index in [9.17, 15) is 22.8 Å². The third-order valence-corrected chi connectivity index (χ3v) is 8.35. The molecule has 9 nitrogen and oxygen atoms in total. The maximum atomic E-state index is 13.6. The van der Waals surface area contributed by atoms with Gasteiger partial charge in [0.1, 0.15) is 6.54 Å². The third kappa shape index (κ3) is 5.00. The zero-order valence-corrected chi connectivity index (χ0v) is 21.5. The molecule has 0 aromatic heterocycles. The fourth-order valence-corrected chi connectivity index (χ4v) is 6.60. The number of hydrogen-bond donors (Lipinski definition) is 0. The minimum atomic E-state index is -4.36. The molecular formula is C25H35F3N6O3. The van der Waals surface area contributed by atoms with Gasteiger partial charge in [0, 0.05) is 31.4 Å². The lowest BCUT2D eigenvalue weighted by atomic mass is 9.75. The lowest BCUT2D eigenvalue weighted by Gasteiger charge is -2.38. The monoisotopic (exact) mass is 524 g/mol. The van der Waals surface area contributed by atoms with Gasteiger partial charge >= 0.3 is 6.18 Å². The van der Waals surface area contributed by atoms with Gasteiger partial charge in [0.15, 0.2) is 0 Å². The standard InChI is InChI=1S/C25H35F3N6O3/c1-15-8-19(16-9-17(11-29-10-16)22(35)32-4-6-37-7-5-32)31-21-20(15)23(36)34(24(21,2)3)18-12-30-33(13-18)14-25(26,27)28/h10,12,15-20H,4-9,11,13-14H2,1-3H3. The number of alkyl halides is 3. The third-order valence-electron chi connectivity index (χ3n) is 8.35. The number of carbonyl (C=O) groups excluding carboxylic acids is 2. The number of hydrogen-bond acceptors (Lipinski definition) is 7. The van der Waals surface area contributed by atoms with E-state index < -0.39 is 30.2 Å². The smallest absolute Gasteiger partial charge is 0.378 e. The molecule has 0 aromatic rings. The Morgan fingerprint density at radius 1 is 1.19 bits per heavy atom. The molecule has 0 radical (unpaired) electrons. The van der Waals surface area contributed by atoms with Crippen LogP contribution in [0.2, 0.25) is 0 Å². The van der Waals surface area contributed by atoms with Crippen molar-refractivity contribution in [1.82, 2.24) is 14.8 Å². The van der Waals surface area contributed by atoms with Crippen molar-refractivity contribution in [2.45, 2.75) is 57.4 Å². The van der Waals surface area contributed by atoms with Crippen LogP contribution >= 0.6 is 0 Å². The first-order chi connectivity index (χ1) is 17.5. The lowest BCUT2D eigenvalue weighted by Crippen LogP contribution is -2.53. The average molecular weight is 525 g/mol. The zero-order chi connectivity index (χ0) is 26.5. The molecule has 6 atom stereocenters. The van der Waals surface area contributed by atoms with E-state index in [4.69, 9.17) is 9.73 Å². The van der Waals surface area contributed by atoms with Crippen LogP contribution < -0.4 is 0 Å². The summed E-state index contributed by atoms with van der Waals surface area (Å²) in [7, 11) is 0. The fourth-order valence-electron chi connectivity index (χ4n) is 6.60. The largest absolute Gasteiger partial charge is 0.407 e. The summed E-state index contributed by atoms with van der Waals surface area (Å²) in [5, 5.41) is 4.90. The van der Waals surface area contributed by atoms with E-state index in [0.29, 0.717) is 45.7 Å². The Hall–Kier alpha value is -2.50. The molecule has 5 aliphatic rings. The zero-order valence-electron chi connectivity index (χ0n) is 21.5. The summed E-state index contributed by atoms with van der Waals surface area (Å²) in [5.41, 5.74) is 0.0213. The van der Waals surface area contributed by atoms with Gasteiger partial charge in [0.05, 0.1) is 61.5 Å². The van der Waals surface area contributed by atoms with E-state index in [1.165, 1.54) is 6.21 Å². The van der Waals surface area contributed by atoms with Crippen molar-refractivity contribution in [3.8, 4) is 0 Å². The number of likely N-dealkylation sites (tertiary alicyclic amines) is 1. The van der Waals surface area contributed by atoms with Crippen LogP contribution in [0, 0.1) is 23.7 Å². The first-order valence-electron chi connectivity index (χ1n) is 13.1. The van der Waals surface area contributed by atoms with Gasteiger partial charge in [-0.15, -0.1) is 0 Å². The summed E-state index contributed by atoms with van der Waals surface area (Å²) in [6.07, 6.45) is 0.363. The van der Waals surface area contributed by atoms with Crippen LogP contribution in [-0.4, -0.2) is 115 Å². The molecule has 2 saturated heterocycles. The summed E-state index contributed by atoms with van der Waals surface area (Å²) in [5.74, 6) is -0.561. The molecule has 2 fully saturated rings. The molecule has 0 N–H and O–H groups in total. The molecular weight excluding hydrogens is 489 g/mol. The lowest BCUT2D eigenvalue weighted by molar-refractivity contribution is -0.146. The average Bonchev–Trinajstić information content (AvgIpc) is 3.36. The number of rotatable bonds is 4. The van der Waals surface area contributed by atoms with Crippen LogP contribution in [-0.2, 0) is 14.3 Å². The Morgan fingerprint density at radius 2 is 1.92 bits per heavy atom. The van der Waals surface area contributed by atoms with Crippen molar-refractivity contribution in [2.24, 2.45) is 38.8 Å². The first kappa shape index (κ1) is 26.1. The molecule has 0 aliphatic carbocycles. The first-order valence-corrected chi connectivity index (χ1v) is 13.1. The number of halogens is 3. The van der Waals surface area contributed by atoms with Crippen LogP contribution in [0.25, 0.3) is 0 Å². The van der Waals surface area contributed by atoms with Crippen molar-refractivity contribution in [2.75, 3.05) is 45.9 Å². The number of nitrogens with zero attached hydrogens (tertiary/aromatic N) is 6. The van der Waals surface area contributed by atoms with Crippen molar-refractivity contribution < 1.29 is 27.5 Å². The maximum Gasteiger partial charge on any atom is 0.407 e. The minimum Gasteiger partial charge on any atom is -0.378 e. The second-order valence-corrected chi connectivity index (χ2v) is 11.4. The van der Waals surface area contributed by atoms with Gasteiger partial charge in [0.2, 0.25) is 11.8 Å². The Kier molecular flexibility index (Phi) is 6.82. The molecule has 5 rings (SSSR count). The highest BCUT2D eigenvalue weighted by atomic mass is 19.4. The number of hydrazone groups is 1. The summed E-state index contributed by atoms with van der Waals surface area (Å²) >= 11 is 0. The highest BCUT2D eigenvalue weighted by Crippen LogP contribution is 2.44. The van der Waals surface area contributed by atoms with Crippen LogP contribution in [0.1, 0.15) is 33.6 Å². The number of fused-ring (bicyclic) bond motifs is 1. The van der Waals surface area contributed by atoms with Crippen LogP contribution in [0.3, 0.4) is 0 Å². The highest BCUT2D eigenvalue weighted by molar-refractivity contribution is 6.16. The van der Waals surface area contributed by atoms with Crippen molar-refractivity contribution in [3.63, 3.8) is 0 Å². The van der Waals surface area contributed by atoms with Gasteiger partial charge in [-0.3, -0.25) is 24.6 Å². The summed E-state index contributed by atoms with van der Waals surface area (Å²) in [4.78, 5) is 39.9. The molecule has 0 bridgehead atoms. The predicted molar refractivity (Wildman–Crippen MR) is 132 cm³/mol. The summed E-state index contributed by atoms with van der Waals surface area (Å²) in [6.45, 7) is 7.52. The predicted octanol–water partition coefficient (Wildman–Crippen LogP) is 1.87. The molecule has 204 valence electrons. The maximum absolute atomic E-state index is 13.6. The van der Waals surface area contributed by atoms with Gasteiger partial charge < -0.3 is 14.5 Å². The second kappa shape index (κ2) is 9.67. The fraction of sp³-hybridized carbons (Fsp3) is 0.800. The van der Waals surface area contributed by atoms with Crippen molar-refractivity contribution in [3.05, 3.63) is 0 Å². The van der Waals surface area contributed by atoms with Gasteiger partial charge in [0.25, 0.3) is 0 Å². The number of morpholine rings is 1. The van der Waals surface area contributed by atoms with E-state index in [2.05, 4.69) is 10.1 Å². The molecule has 37 heavy (non-hydrogen) atoms. The van der Waals surface area contributed by atoms with Gasteiger partial charge in [-0.2, -0.15) is 18.3 Å². The molecule has 12 heteroatoms. The molecule has 6 unspecified atom stereocenters. The number of aliphatic imine (C=N–C) groups is 2.